The predicted molar refractivity (Wildman–Crippen MR) is 108 cm³/mol. The molecule has 0 aliphatic carbocycles. The van der Waals surface area contributed by atoms with Crippen LogP contribution in [0.1, 0.15) is 11.1 Å². The number of rotatable bonds is 3. The second-order valence-electron chi connectivity index (χ2n) is 6.87. The first-order chi connectivity index (χ1) is 14.0. The van der Waals surface area contributed by atoms with Gasteiger partial charge in [-0.05, 0) is 29.3 Å². The molecule has 4 rings (SSSR count). The molecule has 148 valence electrons. The largest absolute Gasteiger partial charge is 0.467 e. The molecule has 2 aromatic carbocycles. The molecular formula is C21H18ClN3O4. The molecule has 2 heterocycles. The zero-order valence-corrected chi connectivity index (χ0v) is 16.4. The third-order valence-corrected chi connectivity index (χ3v) is 5.37. The lowest BCUT2D eigenvalue weighted by atomic mass is 9.94. The molecule has 0 fully saturated rings. The summed E-state index contributed by atoms with van der Waals surface area (Å²) in [6.07, 6.45) is 1.70. The Morgan fingerprint density at radius 1 is 1.21 bits per heavy atom. The van der Waals surface area contributed by atoms with E-state index in [1.165, 1.54) is 29.0 Å². The third-order valence-electron chi connectivity index (χ3n) is 5.13. The van der Waals surface area contributed by atoms with E-state index in [2.05, 4.69) is 4.98 Å². The second-order valence-corrected chi connectivity index (χ2v) is 7.31. The molecule has 1 amide bonds. The van der Waals surface area contributed by atoms with Gasteiger partial charge in [-0.1, -0.05) is 35.9 Å². The summed E-state index contributed by atoms with van der Waals surface area (Å²) in [5, 5.41) is 0.750. The SMILES string of the molecule is COC(=O)[C@@H]1Cc2ccccc2CN1C(=O)Cn1cnc2ccc(Cl)cc2c1=O. The number of nitrogens with zero attached hydrogens (tertiary/aromatic N) is 3. The number of fused-ring (bicyclic) bond motifs is 2. The van der Waals surface area contributed by atoms with Crippen molar-refractivity contribution in [3.05, 3.63) is 75.3 Å². The Labute approximate surface area is 171 Å². The standard InChI is InChI=1S/C21H18ClN3O4/c1-29-21(28)18-8-13-4-2-3-5-14(13)10-25(18)19(26)11-24-12-23-17-7-6-15(22)9-16(17)20(24)27/h2-7,9,12,18H,8,10-11H2,1H3/t18-/m0/s1. The molecule has 3 aromatic rings. The molecule has 1 aliphatic rings. The molecule has 29 heavy (non-hydrogen) atoms. The number of hydrogen-bond acceptors (Lipinski definition) is 5. The maximum absolute atomic E-state index is 13.1. The summed E-state index contributed by atoms with van der Waals surface area (Å²) in [7, 11) is 1.30. The van der Waals surface area contributed by atoms with Crippen LogP contribution in [0, 0.1) is 0 Å². The van der Waals surface area contributed by atoms with Gasteiger partial charge in [-0.2, -0.15) is 0 Å². The van der Waals surface area contributed by atoms with Gasteiger partial charge < -0.3 is 9.64 Å². The molecule has 1 aromatic heterocycles. The zero-order chi connectivity index (χ0) is 20.5. The molecular weight excluding hydrogens is 394 g/mol. The number of methoxy groups -OCH3 is 1. The first kappa shape index (κ1) is 19.1. The van der Waals surface area contributed by atoms with E-state index >= 15 is 0 Å². The van der Waals surface area contributed by atoms with E-state index in [9.17, 15) is 14.4 Å². The summed E-state index contributed by atoms with van der Waals surface area (Å²) in [6, 6.07) is 11.8. The van der Waals surface area contributed by atoms with Crippen LogP contribution < -0.4 is 5.56 Å². The van der Waals surface area contributed by atoms with Crippen molar-refractivity contribution in [1.29, 1.82) is 0 Å². The Bertz CT molecular complexity index is 1170. The highest BCUT2D eigenvalue weighted by atomic mass is 35.5. The van der Waals surface area contributed by atoms with E-state index in [0.29, 0.717) is 22.3 Å². The van der Waals surface area contributed by atoms with Crippen molar-refractivity contribution in [2.75, 3.05) is 7.11 Å². The van der Waals surface area contributed by atoms with Gasteiger partial charge in [-0.3, -0.25) is 14.2 Å². The summed E-state index contributed by atoms with van der Waals surface area (Å²) in [4.78, 5) is 43.8. The molecule has 0 saturated carbocycles. The number of hydrogen-bond donors (Lipinski definition) is 0. The van der Waals surface area contributed by atoms with Crippen LogP contribution in [0.15, 0.2) is 53.6 Å². The van der Waals surface area contributed by atoms with Gasteiger partial charge >= 0.3 is 5.97 Å². The van der Waals surface area contributed by atoms with Crippen LogP contribution >= 0.6 is 11.6 Å². The van der Waals surface area contributed by atoms with Crippen LogP contribution in [-0.2, 0) is 33.8 Å². The minimum absolute atomic E-state index is 0.232. The van der Waals surface area contributed by atoms with Gasteiger partial charge in [0.1, 0.15) is 12.6 Å². The summed E-state index contributed by atoms with van der Waals surface area (Å²) in [5.41, 5.74) is 2.11. The monoisotopic (exact) mass is 411 g/mol. The minimum atomic E-state index is -0.735. The first-order valence-corrected chi connectivity index (χ1v) is 9.44. The molecule has 7 nitrogen and oxygen atoms in total. The quantitative estimate of drug-likeness (QED) is 0.617. The Balaban J connectivity index is 1.66. The van der Waals surface area contributed by atoms with Crippen molar-refractivity contribution in [3.8, 4) is 0 Å². The first-order valence-electron chi connectivity index (χ1n) is 9.06. The van der Waals surface area contributed by atoms with Gasteiger partial charge in [0.05, 0.1) is 24.3 Å². The van der Waals surface area contributed by atoms with Crippen molar-refractivity contribution >= 4 is 34.4 Å². The van der Waals surface area contributed by atoms with Crippen molar-refractivity contribution in [2.45, 2.75) is 25.6 Å². The molecule has 8 heteroatoms. The normalized spacial score (nSPS) is 15.8. The van der Waals surface area contributed by atoms with Gasteiger partial charge in [0.15, 0.2) is 0 Å². The van der Waals surface area contributed by atoms with Gasteiger partial charge in [-0.25, -0.2) is 9.78 Å². The summed E-state index contributed by atoms with van der Waals surface area (Å²) in [5.74, 6) is -0.844. The number of carbonyl (C=O) groups is 2. The Morgan fingerprint density at radius 2 is 1.97 bits per heavy atom. The second kappa shape index (κ2) is 7.67. The maximum Gasteiger partial charge on any atom is 0.328 e. The summed E-state index contributed by atoms with van der Waals surface area (Å²) in [6.45, 7) is 0.0420. The summed E-state index contributed by atoms with van der Waals surface area (Å²) >= 11 is 5.99. The fourth-order valence-electron chi connectivity index (χ4n) is 3.61. The molecule has 1 aliphatic heterocycles. The van der Waals surface area contributed by atoms with Gasteiger partial charge in [0, 0.05) is 18.0 Å². The number of carbonyl (C=O) groups excluding carboxylic acids is 2. The smallest absolute Gasteiger partial charge is 0.328 e. The average Bonchev–Trinajstić information content (AvgIpc) is 2.74. The number of benzene rings is 2. The highest BCUT2D eigenvalue weighted by molar-refractivity contribution is 6.31. The number of amides is 1. The summed E-state index contributed by atoms with van der Waals surface area (Å²) < 4.78 is 6.13. The Hall–Kier alpha value is -3.19. The van der Waals surface area contributed by atoms with Crippen LogP contribution in [0.5, 0.6) is 0 Å². The molecule has 1 atom stereocenters. The fraction of sp³-hybridized carbons (Fsp3) is 0.238. The molecule has 0 bridgehead atoms. The lowest BCUT2D eigenvalue weighted by Gasteiger charge is -2.35. The van der Waals surface area contributed by atoms with Crippen LogP contribution in [0.25, 0.3) is 10.9 Å². The average molecular weight is 412 g/mol. The van der Waals surface area contributed by atoms with E-state index < -0.39 is 12.0 Å². The minimum Gasteiger partial charge on any atom is -0.467 e. The zero-order valence-electron chi connectivity index (χ0n) is 15.7. The van der Waals surface area contributed by atoms with Gasteiger partial charge in [-0.15, -0.1) is 0 Å². The van der Waals surface area contributed by atoms with Crippen LogP contribution in [0.2, 0.25) is 5.02 Å². The predicted octanol–water partition coefficient (Wildman–Crippen LogP) is 2.18. The van der Waals surface area contributed by atoms with E-state index in [-0.39, 0.29) is 24.6 Å². The topological polar surface area (TPSA) is 81.5 Å². The molecule has 0 radical (unpaired) electrons. The van der Waals surface area contributed by atoms with Gasteiger partial charge in [0.2, 0.25) is 5.91 Å². The van der Waals surface area contributed by atoms with E-state index in [0.717, 1.165) is 11.1 Å². The van der Waals surface area contributed by atoms with E-state index in [1.807, 2.05) is 24.3 Å². The maximum atomic E-state index is 13.1. The van der Waals surface area contributed by atoms with Crippen LogP contribution in [0.3, 0.4) is 0 Å². The van der Waals surface area contributed by atoms with E-state index in [1.54, 1.807) is 12.1 Å². The van der Waals surface area contributed by atoms with Gasteiger partial charge in [0.25, 0.3) is 5.56 Å². The molecule has 0 spiro atoms. The lowest BCUT2D eigenvalue weighted by Crippen LogP contribution is -2.50. The number of ether oxygens (including phenoxy) is 1. The number of aromatic nitrogens is 2. The van der Waals surface area contributed by atoms with Crippen LogP contribution in [0.4, 0.5) is 0 Å². The molecule has 0 unspecified atom stereocenters. The number of halogens is 1. The van der Waals surface area contributed by atoms with Crippen molar-refractivity contribution in [1.82, 2.24) is 14.5 Å². The highest BCUT2D eigenvalue weighted by Gasteiger charge is 2.35. The Morgan fingerprint density at radius 3 is 2.72 bits per heavy atom. The third kappa shape index (κ3) is 3.61. The molecule has 0 saturated heterocycles. The fourth-order valence-corrected chi connectivity index (χ4v) is 3.78. The Kier molecular flexibility index (Phi) is 5.07. The van der Waals surface area contributed by atoms with Crippen molar-refractivity contribution < 1.29 is 14.3 Å². The van der Waals surface area contributed by atoms with Crippen molar-refractivity contribution in [2.24, 2.45) is 0 Å². The number of esters is 1. The van der Waals surface area contributed by atoms with E-state index in [4.69, 9.17) is 16.3 Å². The lowest BCUT2D eigenvalue weighted by molar-refractivity contribution is -0.154. The molecule has 0 N–H and O–H groups in total. The van der Waals surface area contributed by atoms with Crippen molar-refractivity contribution in [3.63, 3.8) is 0 Å². The van der Waals surface area contributed by atoms with Crippen LogP contribution in [-0.4, -0.2) is 39.5 Å². The highest BCUT2D eigenvalue weighted by Crippen LogP contribution is 2.24.